The molecule has 0 spiro atoms. The fourth-order valence-electron chi connectivity index (χ4n) is 5.99. The SMILES string of the molecule is C/C(=C\CCOC1OC(CO)C(OC2OC(CO)C(O)C(O)C2O)C(O)C1O)CCCC(C)CCCC(C)CCCC(C)C. The molecule has 2 heterocycles. The van der Waals surface area contributed by atoms with Crippen LogP contribution in [0, 0.1) is 17.8 Å². The first-order chi connectivity index (χ1) is 20.9. The number of aliphatic hydroxyl groups excluding tert-OH is 7. The first-order valence-electron chi connectivity index (χ1n) is 16.7. The van der Waals surface area contributed by atoms with Crippen molar-refractivity contribution in [2.45, 2.75) is 160 Å². The van der Waals surface area contributed by atoms with E-state index in [0.29, 0.717) is 6.42 Å². The second kappa shape index (κ2) is 20.5. The number of ether oxygens (including phenoxy) is 4. The molecule has 260 valence electrons. The van der Waals surface area contributed by atoms with Gasteiger partial charge < -0.3 is 54.7 Å². The Morgan fingerprint density at radius 1 is 0.682 bits per heavy atom. The Kier molecular flexibility index (Phi) is 18.4. The smallest absolute Gasteiger partial charge is 0.187 e. The topological polar surface area (TPSA) is 179 Å². The molecule has 0 aromatic carbocycles. The molecule has 11 heteroatoms. The van der Waals surface area contributed by atoms with E-state index in [1.165, 1.54) is 50.5 Å². The molecule has 2 aliphatic rings. The number of rotatable bonds is 20. The zero-order valence-corrected chi connectivity index (χ0v) is 27.5. The number of aliphatic hydroxyl groups is 7. The highest BCUT2D eigenvalue weighted by Crippen LogP contribution is 2.30. The van der Waals surface area contributed by atoms with Gasteiger partial charge in [0.05, 0.1) is 19.8 Å². The molecule has 2 fully saturated rings. The molecule has 12 atom stereocenters. The van der Waals surface area contributed by atoms with E-state index < -0.39 is 74.6 Å². The van der Waals surface area contributed by atoms with Gasteiger partial charge in [-0.3, -0.25) is 0 Å². The molecule has 0 amide bonds. The van der Waals surface area contributed by atoms with Crippen LogP contribution in [0.4, 0.5) is 0 Å². The van der Waals surface area contributed by atoms with Crippen LogP contribution in [0.5, 0.6) is 0 Å². The third kappa shape index (κ3) is 12.8. The monoisotopic (exact) mass is 634 g/mol. The van der Waals surface area contributed by atoms with Gasteiger partial charge in [-0.05, 0) is 43.9 Å². The Balaban J connectivity index is 1.69. The lowest BCUT2D eigenvalue weighted by molar-refractivity contribution is -0.359. The average Bonchev–Trinajstić information content (AvgIpc) is 2.98. The van der Waals surface area contributed by atoms with Crippen molar-refractivity contribution in [3.63, 3.8) is 0 Å². The Hall–Kier alpha value is -0.700. The first kappa shape index (κ1) is 39.5. The molecule has 12 unspecified atom stereocenters. The molecule has 0 radical (unpaired) electrons. The van der Waals surface area contributed by atoms with Gasteiger partial charge in [-0.2, -0.15) is 0 Å². The lowest BCUT2D eigenvalue weighted by atomic mass is 9.91. The normalized spacial score (nSPS) is 34.8. The van der Waals surface area contributed by atoms with Gasteiger partial charge in [-0.15, -0.1) is 0 Å². The van der Waals surface area contributed by atoms with Crippen LogP contribution in [0.25, 0.3) is 0 Å². The average molecular weight is 635 g/mol. The van der Waals surface area contributed by atoms with Crippen molar-refractivity contribution in [1.82, 2.24) is 0 Å². The van der Waals surface area contributed by atoms with Crippen LogP contribution in [0.2, 0.25) is 0 Å². The molecule has 11 nitrogen and oxygen atoms in total. The molecule has 0 aliphatic carbocycles. The fourth-order valence-corrected chi connectivity index (χ4v) is 5.99. The van der Waals surface area contributed by atoms with Crippen molar-refractivity contribution in [3.05, 3.63) is 11.6 Å². The van der Waals surface area contributed by atoms with Crippen molar-refractivity contribution >= 4 is 0 Å². The minimum atomic E-state index is -1.71. The Labute approximate surface area is 264 Å². The van der Waals surface area contributed by atoms with Gasteiger partial charge in [0.15, 0.2) is 12.6 Å². The summed E-state index contributed by atoms with van der Waals surface area (Å²) in [5.74, 6) is 2.34. The van der Waals surface area contributed by atoms with Crippen LogP contribution in [0.3, 0.4) is 0 Å². The second-order valence-corrected chi connectivity index (χ2v) is 13.6. The van der Waals surface area contributed by atoms with Gasteiger partial charge >= 0.3 is 0 Å². The molecule has 2 aliphatic heterocycles. The van der Waals surface area contributed by atoms with Crippen LogP contribution in [-0.2, 0) is 18.9 Å². The number of allylic oxidation sites excluding steroid dienone is 1. The zero-order chi connectivity index (χ0) is 32.8. The summed E-state index contributed by atoms with van der Waals surface area (Å²) in [5, 5.41) is 70.8. The minimum Gasteiger partial charge on any atom is -0.394 e. The van der Waals surface area contributed by atoms with Gasteiger partial charge in [-0.25, -0.2) is 0 Å². The van der Waals surface area contributed by atoms with E-state index in [0.717, 1.165) is 30.6 Å². The summed E-state index contributed by atoms with van der Waals surface area (Å²) in [6.45, 7) is 10.4. The lowest BCUT2D eigenvalue weighted by Gasteiger charge is -2.45. The van der Waals surface area contributed by atoms with E-state index in [4.69, 9.17) is 18.9 Å². The summed E-state index contributed by atoms with van der Waals surface area (Å²) in [6, 6.07) is 0. The summed E-state index contributed by atoms with van der Waals surface area (Å²) in [7, 11) is 0. The highest BCUT2D eigenvalue weighted by Gasteiger charge is 2.50. The third-order valence-corrected chi connectivity index (χ3v) is 8.99. The largest absolute Gasteiger partial charge is 0.394 e. The summed E-state index contributed by atoms with van der Waals surface area (Å²) < 4.78 is 22.2. The van der Waals surface area contributed by atoms with Crippen LogP contribution >= 0.6 is 0 Å². The van der Waals surface area contributed by atoms with Crippen molar-refractivity contribution in [2.75, 3.05) is 19.8 Å². The van der Waals surface area contributed by atoms with E-state index in [9.17, 15) is 35.7 Å². The highest BCUT2D eigenvalue weighted by atomic mass is 16.7. The van der Waals surface area contributed by atoms with Crippen molar-refractivity contribution in [2.24, 2.45) is 17.8 Å². The zero-order valence-electron chi connectivity index (χ0n) is 27.5. The predicted octanol–water partition coefficient (Wildman–Crippen LogP) is 2.40. The van der Waals surface area contributed by atoms with Gasteiger partial charge in [0.25, 0.3) is 0 Å². The van der Waals surface area contributed by atoms with Crippen LogP contribution in [-0.4, -0.2) is 117 Å². The Bertz CT molecular complexity index is 792. The third-order valence-electron chi connectivity index (χ3n) is 8.99. The van der Waals surface area contributed by atoms with E-state index in [1.54, 1.807) is 0 Å². The Morgan fingerprint density at radius 2 is 1.23 bits per heavy atom. The first-order valence-corrected chi connectivity index (χ1v) is 16.7. The Morgan fingerprint density at radius 3 is 1.82 bits per heavy atom. The van der Waals surface area contributed by atoms with Crippen molar-refractivity contribution in [1.29, 1.82) is 0 Å². The minimum absolute atomic E-state index is 0.230. The number of hydrogen-bond acceptors (Lipinski definition) is 11. The van der Waals surface area contributed by atoms with Gasteiger partial charge in [-0.1, -0.05) is 84.3 Å². The maximum absolute atomic E-state index is 10.7. The molecule has 0 aromatic rings. The van der Waals surface area contributed by atoms with Crippen molar-refractivity contribution in [3.8, 4) is 0 Å². The fraction of sp³-hybridized carbons (Fsp3) is 0.939. The molecule has 44 heavy (non-hydrogen) atoms. The number of hydrogen-bond donors (Lipinski definition) is 7. The molecule has 0 aromatic heterocycles. The summed E-state index contributed by atoms with van der Waals surface area (Å²) in [6.07, 6.45) is -0.568. The van der Waals surface area contributed by atoms with Gasteiger partial charge in [0, 0.05) is 0 Å². The molecular weight excluding hydrogens is 572 g/mol. The second-order valence-electron chi connectivity index (χ2n) is 13.6. The molecule has 7 N–H and O–H groups in total. The van der Waals surface area contributed by atoms with Gasteiger partial charge in [0.2, 0.25) is 0 Å². The van der Waals surface area contributed by atoms with Crippen LogP contribution in [0.1, 0.15) is 98.8 Å². The molecular formula is C33H62O11. The summed E-state index contributed by atoms with van der Waals surface area (Å²) >= 11 is 0. The van der Waals surface area contributed by atoms with E-state index in [2.05, 4.69) is 40.7 Å². The van der Waals surface area contributed by atoms with E-state index in [-0.39, 0.29) is 6.61 Å². The van der Waals surface area contributed by atoms with E-state index >= 15 is 0 Å². The van der Waals surface area contributed by atoms with Gasteiger partial charge in [0.1, 0.15) is 48.8 Å². The van der Waals surface area contributed by atoms with E-state index in [1.807, 2.05) is 0 Å². The highest BCUT2D eigenvalue weighted by molar-refractivity contribution is 4.98. The maximum atomic E-state index is 10.7. The summed E-state index contributed by atoms with van der Waals surface area (Å²) in [4.78, 5) is 0. The lowest BCUT2D eigenvalue weighted by Crippen LogP contribution is -2.64. The summed E-state index contributed by atoms with van der Waals surface area (Å²) in [5.41, 5.74) is 1.27. The van der Waals surface area contributed by atoms with Crippen LogP contribution in [0.15, 0.2) is 11.6 Å². The van der Waals surface area contributed by atoms with Crippen molar-refractivity contribution < 1.29 is 54.7 Å². The maximum Gasteiger partial charge on any atom is 0.187 e. The molecule has 0 bridgehead atoms. The molecule has 2 saturated heterocycles. The molecule has 0 saturated carbocycles. The standard InChI is InChI=1S/C33H62O11/c1-20(2)10-6-11-21(3)12-7-13-22(4)14-8-15-23(5)16-9-17-41-32-30(40)28(38)31(25(19-35)43-32)44-33-29(39)27(37)26(36)24(18-34)42-33/h16,20-22,24-40H,6-15,17-19H2,1-5H3/b23-16+. The van der Waals surface area contributed by atoms with Crippen LogP contribution < -0.4 is 0 Å². The predicted molar refractivity (Wildman–Crippen MR) is 165 cm³/mol. The quantitative estimate of drug-likeness (QED) is 0.0773. The molecule has 2 rings (SSSR count).